The van der Waals surface area contributed by atoms with E-state index >= 15 is 0 Å². The minimum Gasteiger partial charge on any atom is -0.313 e. The Morgan fingerprint density at radius 1 is 1.14 bits per heavy atom. The Balaban J connectivity index is 2.37. The molecule has 0 radical (unpaired) electrons. The van der Waals surface area contributed by atoms with E-state index < -0.39 is 10.0 Å². The number of nitrogens with zero attached hydrogens (tertiary/aromatic N) is 1. The molecule has 1 heterocycles. The molecule has 0 aliphatic carbocycles. The summed E-state index contributed by atoms with van der Waals surface area (Å²) in [6.07, 6.45) is 2.87. The molecule has 1 aliphatic heterocycles. The summed E-state index contributed by atoms with van der Waals surface area (Å²) < 4.78 is 27.0. The van der Waals surface area contributed by atoms with Gasteiger partial charge in [-0.1, -0.05) is 36.5 Å². The molecule has 1 saturated heterocycles. The van der Waals surface area contributed by atoms with Crippen LogP contribution in [0, 0.1) is 0 Å². The van der Waals surface area contributed by atoms with E-state index in [4.69, 9.17) is 23.2 Å². The predicted molar refractivity (Wildman–Crippen MR) is 86.5 cm³/mol. The lowest BCUT2D eigenvalue weighted by atomic mass is 10.2. The van der Waals surface area contributed by atoms with Crippen LogP contribution >= 0.6 is 23.2 Å². The van der Waals surface area contributed by atoms with Crippen LogP contribution in [0.2, 0.25) is 10.0 Å². The van der Waals surface area contributed by atoms with Crippen LogP contribution in [-0.2, 0) is 16.6 Å². The third-order valence-electron chi connectivity index (χ3n) is 3.60. The van der Waals surface area contributed by atoms with Gasteiger partial charge in [-0.3, -0.25) is 0 Å². The molecule has 1 aromatic carbocycles. The summed E-state index contributed by atoms with van der Waals surface area (Å²) >= 11 is 12.3. The summed E-state index contributed by atoms with van der Waals surface area (Å²) in [5, 5.41) is 3.82. The SMILES string of the molecule is CCNCc1cc(S(=O)(=O)N2CCCCC2)c(Cl)cc1Cl. The highest BCUT2D eigenvalue weighted by Gasteiger charge is 2.28. The summed E-state index contributed by atoms with van der Waals surface area (Å²) in [5.41, 5.74) is 0.749. The van der Waals surface area contributed by atoms with Crippen LogP contribution < -0.4 is 5.32 Å². The van der Waals surface area contributed by atoms with Gasteiger partial charge >= 0.3 is 0 Å². The van der Waals surface area contributed by atoms with Gasteiger partial charge in [-0.05, 0) is 37.1 Å². The van der Waals surface area contributed by atoms with Crippen molar-refractivity contribution in [3.63, 3.8) is 0 Å². The minimum absolute atomic E-state index is 0.156. The smallest absolute Gasteiger partial charge is 0.244 e. The van der Waals surface area contributed by atoms with Crippen molar-refractivity contribution >= 4 is 33.2 Å². The average Bonchev–Trinajstić information content (AvgIpc) is 2.47. The largest absolute Gasteiger partial charge is 0.313 e. The van der Waals surface area contributed by atoms with Crippen LogP contribution in [0.5, 0.6) is 0 Å². The van der Waals surface area contributed by atoms with Gasteiger partial charge in [0, 0.05) is 24.7 Å². The minimum atomic E-state index is -3.54. The highest BCUT2D eigenvalue weighted by atomic mass is 35.5. The third-order valence-corrected chi connectivity index (χ3v) is 6.31. The Morgan fingerprint density at radius 2 is 1.81 bits per heavy atom. The lowest BCUT2D eigenvalue weighted by Gasteiger charge is -2.26. The van der Waals surface area contributed by atoms with E-state index in [-0.39, 0.29) is 9.92 Å². The van der Waals surface area contributed by atoms with Gasteiger partial charge in [0.2, 0.25) is 10.0 Å². The van der Waals surface area contributed by atoms with Gasteiger partial charge in [-0.15, -0.1) is 0 Å². The van der Waals surface area contributed by atoms with Crippen LogP contribution in [-0.4, -0.2) is 32.4 Å². The monoisotopic (exact) mass is 350 g/mol. The molecule has 1 fully saturated rings. The first-order valence-corrected chi connectivity index (χ1v) is 9.35. The average molecular weight is 351 g/mol. The molecule has 118 valence electrons. The zero-order valence-corrected chi connectivity index (χ0v) is 14.4. The van der Waals surface area contributed by atoms with E-state index in [1.54, 1.807) is 6.07 Å². The maximum atomic E-state index is 12.7. The zero-order valence-electron chi connectivity index (χ0n) is 12.0. The number of nitrogens with one attached hydrogen (secondary N) is 1. The third kappa shape index (κ3) is 3.90. The van der Waals surface area contributed by atoms with Crippen molar-refractivity contribution in [2.24, 2.45) is 0 Å². The number of halogens is 2. The molecule has 0 bridgehead atoms. The Kier molecular flexibility index (Phi) is 5.91. The summed E-state index contributed by atoms with van der Waals surface area (Å²) in [6.45, 7) is 4.41. The maximum absolute atomic E-state index is 12.7. The molecule has 1 aromatic rings. The zero-order chi connectivity index (χ0) is 15.5. The van der Waals surface area contributed by atoms with Crippen molar-refractivity contribution in [3.8, 4) is 0 Å². The topological polar surface area (TPSA) is 49.4 Å². The molecule has 21 heavy (non-hydrogen) atoms. The van der Waals surface area contributed by atoms with Crippen LogP contribution in [0.3, 0.4) is 0 Å². The lowest BCUT2D eigenvalue weighted by molar-refractivity contribution is 0.346. The second kappa shape index (κ2) is 7.29. The molecule has 0 aromatic heterocycles. The van der Waals surface area contributed by atoms with Crippen LogP contribution in [0.4, 0.5) is 0 Å². The fourth-order valence-electron chi connectivity index (χ4n) is 2.41. The maximum Gasteiger partial charge on any atom is 0.244 e. The highest BCUT2D eigenvalue weighted by Crippen LogP contribution is 2.31. The molecule has 0 saturated carbocycles. The first kappa shape index (κ1) is 17.0. The number of sulfonamides is 1. The number of hydrogen-bond donors (Lipinski definition) is 1. The summed E-state index contributed by atoms with van der Waals surface area (Å²) in [6, 6.07) is 3.11. The first-order valence-electron chi connectivity index (χ1n) is 7.15. The summed E-state index contributed by atoms with van der Waals surface area (Å²) in [4.78, 5) is 0.156. The van der Waals surface area contributed by atoms with E-state index in [1.165, 1.54) is 10.4 Å². The Bertz CT molecular complexity index is 599. The van der Waals surface area contributed by atoms with Crippen molar-refractivity contribution < 1.29 is 8.42 Å². The van der Waals surface area contributed by atoms with E-state index in [9.17, 15) is 8.42 Å². The molecule has 0 spiro atoms. The van der Waals surface area contributed by atoms with Crippen molar-refractivity contribution in [3.05, 3.63) is 27.7 Å². The van der Waals surface area contributed by atoms with Crippen molar-refractivity contribution in [1.29, 1.82) is 0 Å². The number of piperidine rings is 1. The van der Waals surface area contributed by atoms with Gasteiger partial charge in [0.05, 0.1) is 5.02 Å². The van der Waals surface area contributed by atoms with Gasteiger partial charge in [-0.25, -0.2) is 8.42 Å². The number of hydrogen-bond acceptors (Lipinski definition) is 3. The molecule has 1 aliphatic rings. The molecule has 0 amide bonds. The molecule has 0 unspecified atom stereocenters. The van der Waals surface area contributed by atoms with Gasteiger partial charge in [0.15, 0.2) is 0 Å². The van der Waals surface area contributed by atoms with E-state index in [2.05, 4.69) is 5.32 Å². The van der Waals surface area contributed by atoms with Crippen molar-refractivity contribution in [2.45, 2.75) is 37.6 Å². The molecule has 2 rings (SSSR count). The van der Waals surface area contributed by atoms with Gasteiger partial charge in [-0.2, -0.15) is 4.31 Å². The highest BCUT2D eigenvalue weighted by molar-refractivity contribution is 7.89. The molecular formula is C14H20Cl2N2O2S. The van der Waals surface area contributed by atoms with Crippen molar-refractivity contribution in [2.75, 3.05) is 19.6 Å². The van der Waals surface area contributed by atoms with Crippen molar-refractivity contribution in [1.82, 2.24) is 9.62 Å². The van der Waals surface area contributed by atoms with E-state index in [1.807, 2.05) is 6.92 Å². The lowest BCUT2D eigenvalue weighted by Crippen LogP contribution is -2.35. The van der Waals surface area contributed by atoms with Crippen LogP contribution in [0.25, 0.3) is 0 Å². The Labute approximate surface area is 136 Å². The first-order chi connectivity index (χ1) is 9.96. The summed E-state index contributed by atoms with van der Waals surface area (Å²) in [5.74, 6) is 0. The molecular weight excluding hydrogens is 331 g/mol. The predicted octanol–water partition coefficient (Wildman–Crippen LogP) is 3.28. The summed E-state index contributed by atoms with van der Waals surface area (Å²) in [7, 11) is -3.54. The number of benzene rings is 1. The Morgan fingerprint density at radius 3 is 2.43 bits per heavy atom. The normalized spacial score (nSPS) is 17.1. The number of rotatable bonds is 5. The fourth-order valence-corrected chi connectivity index (χ4v) is 4.76. The standard InChI is InChI=1S/C14H20Cl2N2O2S/c1-2-17-10-11-8-14(13(16)9-12(11)15)21(19,20)18-6-4-3-5-7-18/h8-9,17H,2-7,10H2,1H3. The van der Waals surface area contributed by atoms with Gasteiger partial charge in [0.25, 0.3) is 0 Å². The molecule has 0 atom stereocenters. The fraction of sp³-hybridized carbons (Fsp3) is 0.571. The van der Waals surface area contributed by atoms with Gasteiger partial charge < -0.3 is 5.32 Å². The Hall–Kier alpha value is -0.330. The van der Waals surface area contributed by atoms with E-state index in [0.29, 0.717) is 24.7 Å². The second-order valence-corrected chi connectivity index (χ2v) is 7.84. The quantitative estimate of drug-likeness (QED) is 0.886. The van der Waals surface area contributed by atoms with Crippen LogP contribution in [0.15, 0.2) is 17.0 Å². The molecule has 4 nitrogen and oxygen atoms in total. The van der Waals surface area contributed by atoms with Gasteiger partial charge in [0.1, 0.15) is 4.90 Å². The van der Waals surface area contributed by atoms with E-state index in [0.717, 1.165) is 31.4 Å². The van der Waals surface area contributed by atoms with Crippen LogP contribution in [0.1, 0.15) is 31.7 Å². The second-order valence-electron chi connectivity index (χ2n) is 5.12. The molecule has 1 N–H and O–H groups in total. The molecule has 7 heteroatoms.